The molecule has 0 spiro atoms. The standard InChI is InChI=1S/C40H51F3N6O7S/c1-38(2,3)55-36(51)44-18-7-19-48(37(52)56-39(4,5)6)26-27-8-10-29(11-9-27)35(50)46-30-14-16-31(17-15-30)57(53,54)49-22-20-47(21-23-49)34-24-33(40(41,42)43)32(25-45-34)28-12-13-28/h8-11,14-17,24-25,28H,7,12-13,18-23,26H2,1-6H3,(H,44,51)(H,46,50). The van der Waals surface area contributed by atoms with Crippen LogP contribution in [0.5, 0.6) is 0 Å². The van der Waals surface area contributed by atoms with Crippen LogP contribution < -0.4 is 15.5 Å². The van der Waals surface area contributed by atoms with Crippen molar-refractivity contribution in [1.29, 1.82) is 0 Å². The molecule has 0 unspecified atom stereocenters. The fourth-order valence-electron chi connectivity index (χ4n) is 6.13. The fraction of sp³-hybridized carbons (Fsp3) is 0.500. The quantitative estimate of drug-likeness (QED) is 0.178. The summed E-state index contributed by atoms with van der Waals surface area (Å²) in [6.45, 7) is 11.8. The van der Waals surface area contributed by atoms with Gasteiger partial charge in [-0.3, -0.25) is 4.79 Å². The van der Waals surface area contributed by atoms with Crippen molar-refractivity contribution in [3.8, 4) is 0 Å². The molecule has 2 aliphatic rings. The van der Waals surface area contributed by atoms with Crippen molar-refractivity contribution in [1.82, 2.24) is 19.5 Å². The number of amides is 3. The number of nitrogens with one attached hydrogen (secondary N) is 2. The Morgan fingerprint density at radius 3 is 2.05 bits per heavy atom. The lowest BCUT2D eigenvalue weighted by Crippen LogP contribution is -2.49. The van der Waals surface area contributed by atoms with Gasteiger partial charge in [-0.15, -0.1) is 0 Å². The van der Waals surface area contributed by atoms with Crippen molar-refractivity contribution in [3.05, 3.63) is 83.0 Å². The monoisotopic (exact) mass is 816 g/mol. The maximum absolute atomic E-state index is 13.8. The summed E-state index contributed by atoms with van der Waals surface area (Å²) in [5.74, 6) is -0.381. The third kappa shape index (κ3) is 12.3. The van der Waals surface area contributed by atoms with E-state index in [-0.39, 0.29) is 68.0 Å². The number of alkyl halides is 3. The predicted molar refractivity (Wildman–Crippen MR) is 209 cm³/mol. The molecule has 0 bridgehead atoms. The van der Waals surface area contributed by atoms with Crippen LogP contribution in [0.3, 0.4) is 0 Å². The fourth-order valence-corrected chi connectivity index (χ4v) is 7.55. The number of pyridine rings is 1. The van der Waals surface area contributed by atoms with Gasteiger partial charge >= 0.3 is 18.4 Å². The highest BCUT2D eigenvalue weighted by Gasteiger charge is 2.39. The molecule has 13 nitrogen and oxygen atoms in total. The van der Waals surface area contributed by atoms with Crippen LogP contribution in [0.1, 0.15) is 93.8 Å². The normalized spacial score (nSPS) is 15.5. The summed E-state index contributed by atoms with van der Waals surface area (Å²) >= 11 is 0. The SMILES string of the molecule is CC(C)(C)OC(=O)NCCCN(Cc1ccc(C(=O)Nc2ccc(S(=O)(=O)N3CCN(c4cc(C(F)(F)F)c(C5CC5)cn4)CC3)cc2)cc1)C(=O)OC(C)(C)C. The van der Waals surface area contributed by atoms with Gasteiger partial charge in [0.2, 0.25) is 10.0 Å². The summed E-state index contributed by atoms with van der Waals surface area (Å²) in [4.78, 5) is 45.6. The number of ether oxygens (including phenoxy) is 2. The van der Waals surface area contributed by atoms with E-state index in [4.69, 9.17) is 9.47 Å². The van der Waals surface area contributed by atoms with Crippen LogP contribution in [-0.4, -0.2) is 91.2 Å². The van der Waals surface area contributed by atoms with Gasteiger partial charge < -0.3 is 29.9 Å². The van der Waals surface area contributed by atoms with Crippen LogP contribution >= 0.6 is 0 Å². The molecule has 17 heteroatoms. The molecule has 3 amide bonds. The number of sulfonamides is 1. The number of anilines is 2. The van der Waals surface area contributed by atoms with E-state index in [1.807, 2.05) is 0 Å². The van der Waals surface area contributed by atoms with Crippen LogP contribution in [-0.2, 0) is 32.2 Å². The molecule has 3 aromatic rings. The van der Waals surface area contributed by atoms with Gasteiger partial charge in [0.25, 0.3) is 5.91 Å². The van der Waals surface area contributed by atoms with E-state index in [0.29, 0.717) is 30.5 Å². The van der Waals surface area contributed by atoms with Gasteiger partial charge in [-0.25, -0.2) is 23.0 Å². The molecule has 2 fully saturated rings. The summed E-state index contributed by atoms with van der Waals surface area (Å²) < 4.78 is 80.4. The van der Waals surface area contributed by atoms with Gasteiger partial charge in [-0.1, -0.05) is 12.1 Å². The number of rotatable bonds is 12. The molecule has 1 saturated heterocycles. The first-order chi connectivity index (χ1) is 26.6. The van der Waals surface area contributed by atoms with E-state index >= 15 is 0 Å². The molecule has 0 radical (unpaired) electrons. The number of hydrogen-bond acceptors (Lipinski definition) is 9. The average molecular weight is 817 g/mol. The zero-order valence-electron chi connectivity index (χ0n) is 33.1. The third-order valence-electron chi connectivity index (χ3n) is 9.07. The third-order valence-corrected chi connectivity index (χ3v) is 11.0. The highest BCUT2D eigenvalue weighted by Crippen LogP contribution is 2.46. The number of carbonyl (C=O) groups excluding carboxylic acids is 3. The van der Waals surface area contributed by atoms with E-state index in [0.717, 1.165) is 11.6 Å². The zero-order chi connectivity index (χ0) is 41.8. The number of aromatic nitrogens is 1. The second-order valence-corrected chi connectivity index (χ2v) is 18.1. The van der Waals surface area contributed by atoms with Gasteiger partial charge in [0, 0.05) is 63.3 Å². The van der Waals surface area contributed by atoms with Crippen molar-refractivity contribution < 1.29 is 45.4 Å². The summed E-state index contributed by atoms with van der Waals surface area (Å²) in [5, 5.41) is 5.44. The van der Waals surface area contributed by atoms with Gasteiger partial charge in [0.1, 0.15) is 17.0 Å². The van der Waals surface area contributed by atoms with Crippen molar-refractivity contribution in [2.45, 2.75) is 95.5 Å². The molecule has 5 rings (SSSR count). The summed E-state index contributed by atoms with van der Waals surface area (Å²) in [5.41, 5.74) is -0.393. The van der Waals surface area contributed by atoms with Crippen LogP contribution in [0.25, 0.3) is 0 Å². The molecule has 1 saturated carbocycles. The molecule has 57 heavy (non-hydrogen) atoms. The van der Waals surface area contributed by atoms with Crippen LogP contribution in [0.15, 0.2) is 65.7 Å². The van der Waals surface area contributed by atoms with E-state index < -0.39 is 51.1 Å². The molecule has 2 heterocycles. The molecular weight excluding hydrogens is 766 g/mol. The molecule has 1 aliphatic heterocycles. The Morgan fingerprint density at radius 2 is 1.49 bits per heavy atom. The number of nitrogens with zero attached hydrogens (tertiary/aromatic N) is 4. The van der Waals surface area contributed by atoms with Crippen LogP contribution in [0.4, 0.5) is 34.3 Å². The van der Waals surface area contributed by atoms with Crippen LogP contribution in [0, 0.1) is 0 Å². The van der Waals surface area contributed by atoms with E-state index in [1.165, 1.54) is 39.7 Å². The zero-order valence-corrected chi connectivity index (χ0v) is 33.9. The topological polar surface area (TPSA) is 150 Å². The molecular formula is C40H51F3N6O7S. The smallest absolute Gasteiger partial charge is 0.416 e. The lowest BCUT2D eigenvalue weighted by atomic mass is 10.1. The Morgan fingerprint density at radius 1 is 0.877 bits per heavy atom. The van der Waals surface area contributed by atoms with Crippen LogP contribution in [0.2, 0.25) is 0 Å². The number of alkyl carbamates (subject to hydrolysis) is 1. The molecule has 0 atom stereocenters. The lowest BCUT2D eigenvalue weighted by molar-refractivity contribution is -0.138. The number of piperazine rings is 1. The van der Waals surface area contributed by atoms with E-state index in [1.54, 1.807) is 70.7 Å². The van der Waals surface area contributed by atoms with Gasteiger partial charge in [0.15, 0.2) is 0 Å². The first-order valence-corrected chi connectivity index (χ1v) is 20.3. The Labute approximate surface area is 331 Å². The van der Waals surface area contributed by atoms with Gasteiger partial charge in [-0.05, 0) is 120 Å². The van der Waals surface area contributed by atoms with Crippen molar-refractivity contribution in [2.75, 3.05) is 49.5 Å². The van der Waals surface area contributed by atoms with Gasteiger partial charge in [-0.2, -0.15) is 17.5 Å². The maximum atomic E-state index is 13.8. The largest absolute Gasteiger partial charge is 0.444 e. The Hall–Kier alpha value is -4.90. The molecule has 2 aromatic carbocycles. The van der Waals surface area contributed by atoms with Crippen molar-refractivity contribution in [2.24, 2.45) is 0 Å². The highest BCUT2D eigenvalue weighted by molar-refractivity contribution is 7.89. The Kier molecular flexibility index (Phi) is 13.1. The molecule has 1 aliphatic carbocycles. The molecule has 2 N–H and O–H groups in total. The minimum atomic E-state index is -4.50. The minimum absolute atomic E-state index is 0.0136. The first kappa shape index (κ1) is 43.2. The van der Waals surface area contributed by atoms with Crippen molar-refractivity contribution in [3.63, 3.8) is 0 Å². The lowest BCUT2D eigenvalue weighted by Gasteiger charge is -2.35. The number of hydrogen-bond donors (Lipinski definition) is 2. The number of benzene rings is 2. The minimum Gasteiger partial charge on any atom is -0.444 e. The summed E-state index contributed by atoms with van der Waals surface area (Å²) in [6, 6.07) is 13.5. The second kappa shape index (κ2) is 17.3. The first-order valence-electron chi connectivity index (χ1n) is 18.9. The average Bonchev–Trinajstić information content (AvgIpc) is 3.97. The summed E-state index contributed by atoms with van der Waals surface area (Å²) in [6.07, 6.45) is -2.41. The molecule has 310 valence electrons. The Bertz CT molecular complexity index is 2000. The number of halogens is 3. The number of carbonyl (C=O) groups is 3. The summed E-state index contributed by atoms with van der Waals surface area (Å²) in [7, 11) is -3.92. The highest BCUT2D eigenvalue weighted by atomic mass is 32.2. The predicted octanol–water partition coefficient (Wildman–Crippen LogP) is 7.39. The van der Waals surface area contributed by atoms with Crippen molar-refractivity contribution >= 4 is 39.6 Å². The molecule has 1 aromatic heterocycles. The van der Waals surface area contributed by atoms with E-state index in [9.17, 15) is 36.0 Å². The second-order valence-electron chi connectivity index (χ2n) is 16.2. The van der Waals surface area contributed by atoms with Gasteiger partial charge in [0.05, 0.1) is 10.5 Å². The Balaban J connectivity index is 1.14. The van der Waals surface area contributed by atoms with E-state index in [2.05, 4.69) is 15.6 Å². The maximum Gasteiger partial charge on any atom is 0.416 e.